The fourth-order valence-corrected chi connectivity index (χ4v) is 4.94. The monoisotopic (exact) mass is 464 g/mol. The summed E-state index contributed by atoms with van der Waals surface area (Å²) in [7, 11) is 0. The highest BCUT2D eigenvalue weighted by atomic mass is 19.1. The predicted molar refractivity (Wildman–Crippen MR) is 128 cm³/mol. The standard InChI is InChI=1S/C29H30F2O3/c1-18-10-11-29(2,3)27-9-4-19(12-25(18)27)17-34-24-7-5-20(6-8-24)26(16-28(32)33)21-13-22(30)15-23(31)14-21/h4-9,12-15,18,26H,10-11,16-17H2,1-3H3,(H,32,33). The molecule has 0 spiro atoms. The maximum Gasteiger partial charge on any atom is 0.304 e. The molecule has 2 unspecified atom stereocenters. The molecule has 0 aliphatic heterocycles. The Labute approximate surface area is 199 Å². The summed E-state index contributed by atoms with van der Waals surface area (Å²) in [5.74, 6) is -1.99. The van der Waals surface area contributed by atoms with E-state index in [-0.39, 0.29) is 11.8 Å². The molecule has 0 bridgehead atoms. The lowest BCUT2D eigenvalue weighted by atomic mass is 9.69. The minimum absolute atomic E-state index is 0.189. The summed E-state index contributed by atoms with van der Waals surface area (Å²) in [5.41, 5.74) is 5.05. The molecule has 2 atom stereocenters. The molecule has 0 amide bonds. The average molecular weight is 465 g/mol. The third-order valence-corrected chi connectivity index (χ3v) is 6.93. The van der Waals surface area contributed by atoms with E-state index < -0.39 is 23.5 Å². The lowest BCUT2D eigenvalue weighted by Crippen LogP contribution is -2.25. The van der Waals surface area contributed by atoms with E-state index in [0.717, 1.165) is 11.6 Å². The van der Waals surface area contributed by atoms with E-state index >= 15 is 0 Å². The average Bonchev–Trinajstić information content (AvgIpc) is 2.78. The first-order valence-corrected chi connectivity index (χ1v) is 11.7. The fourth-order valence-electron chi connectivity index (χ4n) is 4.94. The van der Waals surface area contributed by atoms with Gasteiger partial charge in [-0.1, -0.05) is 51.1 Å². The summed E-state index contributed by atoms with van der Waals surface area (Å²) in [5, 5.41) is 9.33. The number of benzene rings is 3. The molecular formula is C29H30F2O3. The number of halogens is 2. The SMILES string of the molecule is CC1CCC(C)(C)c2ccc(COc3ccc(C(CC(=O)O)c4cc(F)cc(F)c4)cc3)cc21. The Morgan fingerprint density at radius 1 is 1.03 bits per heavy atom. The van der Waals surface area contributed by atoms with Gasteiger partial charge >= 0.3 is 5.97 Å². The summed E-state index contributed by atoms with van der Waals surface area (Å²) in [6.07, 6.45) is 2.10. The van der Waals surface area contributed by atoms with Crippen molar-refractivity contribution >= 4 is 5.97 Å². The molecule has 34 heavy (non-hydrogen) atoms. The van der Waals surface area contributed by atoms with E-state index in [1.807, 2.05) is 0 Å². The second kappa shape index (κ2) is 9.57. The van der Waals surface area contributed by atoms with Gasteiger partial charge in [-0.2, -0.15) is 0 Å². The number of ether oxygens (including phenoxy) is 1. The molecule has 1 N–H and O–H groups in total. The van der Waals surface area contributed by atoms with Crippen molar-refractivity contribution in [1.82, 2.24) is 0 Å². The maximum absolute atomic E-state index is 13.7. The van der Waals surface area contributed by atoms with E-state index in [9.17, 15) is 18.7 Å². The van der Waals surface area contributed by atoms with Gasteiger partial charge in [0.15, 0.2) is 0 Å². The molecule has 0 aromatic heterocycles. The van der Waals surface area contributed by atoms with Crippen molar-refractivity contribution in [3.8, 4) is 5.75 Å². The molecule has 1 aliphatic rings. The zero-order valence-electron chi connectivity index (χ0n) is 19.8. The summed E-state index contributed by atoms with van der Waals surface area (Å²) in [4.78, 5) is 11.4. The lowest BCUT2D eigenvalue weighted by molar-refractivity contribution is -0.137. The number of carboxylic acid groups (broad SMARTS) is 1. The van der Waals surface area contributed by atoms with Crippen molar-refractivity contribution in [2.75, 3.05) is 0 Å². The van der Waals surface area contributed by atoms with Crippen LogP contribution >= 0.6 is 0 Å². The van der Waals surface area contributed by atoms with Crippen LogP contribution < -0.4 is 4.74 Å². The molecule has 3 aromatic carbocycles. The molecule has 3 aromatic rings. The second-order valence-corrected chi connectivity index (χ2v) is 9.96. The first kappa shape index (κ1) is 23.9. The normalized spacial score (nSPS) is 17.6. The molecule has 178 valence electrons. The zero-order chi connectivity index (χ0) is 24.5. The zero-order valence-corrected chi connectivity index (χ0v) is 19.8. The molecule has 0 heterocycles. The molecule has 3 nitrogen and oxygen atoms in total. The topological polar surface area (TPSA) is 46.5 Å². The summed E-state index contributed by atoms with van der Waals surface area (Å²) in [6.45, 7) is 7.29. The highest BCUT2D eigenvalue weighted by Gasteiger charge is 2.30. The van der Waals surface area contributed by atoms with Gasteiger partial charge in [0, 0.05) is 12.0 Å². The van der Waals surface area contributed by atoms with Crippen LogP contribution in [-0.4, -0.2) is 11.1 Å². The molecule has 5 heteroatoms. The van der Waals surface area contributed by atoms with E-state index in [1.165, 1.54) is 36.1 Å². The lowest BCUT2D eigenvalue weighted by Gasteiger charge is -2.36. The van der Waals surface area contributed by atoms with Crippen molar-refractivity contribution < 1.29 is 23.4 Å². The fraction of sp³-hybridized carbons (Fsp3) is 0.345. The smallest absolute Gasteiger partial charge is 0.304 e. The van der Waals surface area contributed by atoms with Gasteiger partial charge < -0.3 is 9.84 Å². The van der Waals surface area contributed by atoms with Crippen LogP contribution in [0.5, 0.6) is 5.75 Å². The maximum atomic E-state index is 13.7. The minimum atomic E-state index is -1.04. The molecule has 1 aliphatic carbocycles. The van der Waals surface area contributed by atoms with Crippen molar-refractivity contribution in [2.45, 2.75) is 63.9 Å². The number of carbonyl (C=O) groups is 1. The third-order valence-electron chi connectivity index (χ3n) is 6.93. The molecule has 0 radical (unpaired) electrons. The Balaban J connectivity index is 1.50. The van der Waals surface area contributed by atoms with Gasteiger partial charge in [0.1, 0.15) is 24.0 Å². The number of fused-ring (bicyclic) bond motifs is 1. The molecule has 0 fully saturated rings. The van der Waals surface area contributed by atoms with Gasteiger partial charge in [0.2, 0.25) is 0 Å². The first-order chi connectivity index (χ1) is 16.1. The van der Waals surface area contributed by atoms with Crippen LogP contribution in [0.15, 0.2) is 60.7 Å². The molecular weight excluding hydrogens is 434 g/mol. The molecule has 0 saturated heterocycles. The van der Waals surface area contributed by atoms with Crippen LogP contribution in [0, 0.1) is 11.6 Å². The Hall–Kier alpha value is -3.21. The quantitative estimate of drug-likeness (QED) is 0.398. The van der Waals surface area contributed by atoms with E-state index in [0.29, 0.717) is 29.4 Å². The van der Waals surface area contributed by atoms with Gasteiger partial charge in [-0.05, 0) is 76.3 Å². The van der Waals surface area contributed by atoms with Crippen LogP contribution in [0.25, 0.3) is 0 Å². The number of hydrogen-bond donors (Lipinski definition) is 1. The number of rotatable bonds is 7. The third kappa shape index (κ3) is 5.30. The van der Waals surface area contributed by atoms with Gasteiger partial charge in [-0.15, -0.1) is 0 Å². The summed E-state index contributed by atoms with van der Waals surface area (Å²) < 4.78 is 33.5. The van der Waals surface area contributed by atoms with E-state index in [2.05, 4.69) is 39.0 Å². The van der Waals surface area contributed by atoms with Crippen LogP contribution in [-0.2, 0) is 16.8 Å². The molecule has 4 rings (SSSR count). The predicted octanol–water partition coefficient (Wildman–Crippen LogP) is 7.33. The molecule has 0 saturated carbocycles. The first-order valence-electron chi connectivity index (χ1n) is 11.7. The minimum Gasteiger partial charge on any atom is -0.489 e. The number of hydrogen-bond acceptors (Lipinski definition) is 2. The van der Waals surface area contributed by atoms with Gasteiger partial charge in [-0.25, -0.2) is 8.78 Å². The Morgan fingerprint density at radius 3 is 2.35 bits per heavy atom. The Bertz CT molecular complexity index is 1160. The van der Waals surface area contributed by atoms with Crippen LogP contribution in [0.3, 0.4) is 0 Å². The van der Waals surface area contributed by atoms with Gasteiger partial charge in [-0.3, -0.25) is 4.79 Å². The highest BCUT2D eigenvalue weighted by Crippen LogP contribution is 2.42. The number of carboxylic acids is 1. The number of aliphatic carboxylic acids is 1. The van der Waals surface area contributed by atoms with Gasteiger partial charge in [0.05, 0.1) is 6.42 Å². The Kier molecular flexibility index (Phi) is 6.74. The van der Waals surface area contributed by atoms with Crippen molar-refractivity contribution in [3.63, 3.8) is 0 Å². The van der Waals surface area contributed by atoms with Crippen molar-refractivity contribution in [3.05, 3.63) is 100 Å². The van der Waals surface area contributed by atoms with E-state index in [4.69, 9.17) is 4.74 Å². The largest absolute Gasteiger partial charge is 0.489 e. The van der Waals surface area contributed by atoms with Crippen molar-refractivity contribution in [1.29, 1.82) is 0 Å². The van der Waals surface area contributed by atoms with E-state index in [1.54, 1.807) is 24.3 Å². The Morgan fingerprint density at radius 2 is 1.71 bits per heavy atom. The van der Waals surface area contributed by atoms with Crippen molar-refractivity contribution in [2.24, 2.45) is 0 Å². The van der Waals surface area contributed by atoms with Gasteiger partial charge in [0.25, 0.3) is 0 Å². The second-order valence-electron chi connectivity index (χ2n) is 9.96. The summed E-state index contributed by atoms with van der Waals surface area (Å²) in [6, 6.07) is 16.8. The van der Waals surface area contributed by atoms with Crippen LogP contribution in [0.4, 0.5) is 8.78 Å². The highest BCUT2D eigenvalue weighted by molar-refractivity contribution is 5.69. The summed E-state index contributed by atoms with van der Waals surface area (Å²) >= 11 is 0. The van der Waals surface area contributed by atoms with Crippen LogP contribution in [0.2, 0.25) is 0 Å². The van der Waals surface area contributed by atoms with Crippen LogP contribution in [0.1, 0.15) is 79.7 Å².